The van der Waals surface area contributed by atoms with E-state index in [0.29, 0.717) is 22.8 Å². The van der Waals surface area contributed by atoms with Gasteiger partial charge in [-0.25, -0.2) is 0 Å². The van der Waals surface area contributed by atoms with Gasteiger partial charge in [0.05, 0.1) is 28.4 Å². The van der Waals surface area contributed by atoms with Gasteiger partial charge in [-0.1, -0.05) is 36.4 Å². The van der Waals surface area contributed by atoms with Crippen molar-refractivity contribution < 1.29 is 23.7 Å². The lowest BCUT2D eigenvalue weighted by molar-refractivity contribution is 0.104. The van der Waals surface area contributed by atoms with E-state index in [4.69, 9.17) is 18.9 Å². The van der Waals surface area contributed by atoms with Gasteiger partial charge in [-0.2, -0.15) is 0 Å². The summed E-state index contributed by atoms with van der Waals surface area (Å²) in [7, 11) is 6.16. The van der Waals surface area contributed by atoms with Crippen molar-refractivity contribution in [1.82, 2.24) is 0 Å². The molecule has 0 saturated carbocycles. The third kappa shape index (κ3) is 4.45. The molecule has 5 heteroatoms. The molecular weight excluding hydrogens is 332 g/mol. The molecule has 0 heterocycles. The topological polar surface area (TPSA) is 54.0 Å². The average molecular weight is 354 g/mol. The fourth-order valence-corrected chi connectivity index (χ4v) is 2.43. The summed E-state index contributed by atoms with van der Waals surface area (Å²) in [4.78, 5) is 12.4. The van der Waals surface area contributed by atoms with E-state index in [1.165, 1.54) is 27.4 Å². The van der Waals surface area contributed by atoms with Crippen molar-refractivity contribution in [2.45, 2.75) is 0 Å². The molecule has 0 bridgehead atoms. The first-order valence-electron chi connectivity index (χ1n) is 7.96. The third-order valence-corrected chi connectivity index (χ3v) is 3.72. The summed E-state index contributed by atoms with van der Waals surface area (Å²) in [5, 5.41) is 0. The van der Waals surface area contributed by atoms with Crippen molar-refractivity contribution >= 4 is 11.9 Å². The Bertz CT molecular complexity index is 796. The SMILES string of the molecule is COc1ccccc1/C=C/C=C/C(=O)c1cc(OC)c(OC)c(OC)c1. The number of carbonyl (C=O) groups is 1. The molecule has 0 saturated heterocycles. The van der Waals surface area contributed by atoms with E-state index in [2.05, 4.69) is 0 Å². The molecule has 0 atom stereocenters. The molecule has 0 N–H and O–H groups in total. The van der Waals surface area contributed by atoms with Crippen LogP contribution in [-0.4, -0.2) is 34.2 Å². The zero-order chi connectivity index (χ0) is 18.9. The lowest BCUT2D eigenvalue weighted by Gasteiger charge is -2.13. The van der Waals surface area contributed by atoms with Crippen molar-refractivity contribution in [2.75, 3.05) is 28.4 Å². The van der Waals surface area contributed by atoms with Gasteiger partial charge in [-0.05, 0) is 24.3 Å². The third-order valence-electron chi connectivity index (χ3n) is 3.72. The second kappa shape index (κ2) is 9.32. The molecule has 26 heavy (non-hydrogen) atoms. The Hall–Kier alpha value is -3.21. The van der Waals surface area contributed by atoms with Crippen LogP contribution in [0.15, 0.2) is 54.6 Å². The smallest absolute Gasteiger partial charge is 0.203 e. The molecule has 0 spiro atoms. The van der Waals surface area contributed by atoms with Crippen LogP contribution < -0.4 is 18.9 Å². The highest BCUT2D eigenvalue weighted by Crippen LogP contribution is 2.38. The minimum absolute atomic E-state index is 0.172. The predicted octanol–water partition coefficient (Wildman–Crippen LogP) is 4.17. The van der Waals surface area contributed by atoms with E-state index in [1.807, 2.05) is 30.3 Å². The molecule has 0 amide bonds. The van der Waals surface area contributed by atoms with Gasteiger partial charge in [-0.15, -0.1) is 0 Å². The van der Waals surface area contributed by atoms with E-state index in [-0.39, 0.29) is 5.78 Å². The maximum atomic E-state index is 12.4. The quantitative estimate of drug-likeness (QED) is 0.404. The van der Waals surface area contributed by atoms with Gasteiger partial charge in [0, 0.05) is 11.1 Å². The Morgan fingerprint density at radius 1 is 0.808 bits per heavy atom. The van der Waals surface area contributed by atoms with E-state index in [0.717, 1.165) is 11.3 Å². The molecule has 0 aliphatic heterocycles. The minimum Gasteiger partial charge on any atom is -0.496 e. The van der Waals surface area contributed by atoms with Gasteiger partial charge in [0.2, 0.25) is 5.75 Å². The van der Waals surface area contributed by atoms with Crippen LogP contribution in [0.1, 0.15) is 15.9 Å². The highest BCUT2D eigenvalue weighted by atomic mass is 16.5. The zero-order valence-electron chi connectivity index (χ0n) is 15.3. The molecule has 0 aromatic heterocycles. The molecule has 136 valence electrons. The molecule has 2 rings (SSSR count). The predicted molar refractivity (Wildman–Crippen MR) is 102 cm³/mol. The number of ether oxygens (including phenoxy) is 4. The van der Waals surface area contributed by atoms with Crippen LogP contribution in [0.4, 0.5) is 0 Å². The summed E-state index contributed by atoms with van der Waals surface area (Å²) < 4.78 is 21.1. The molecule has 5 nitrogen and oxygen atoms in total. The van der Waals surface area contributed by atoms with Crippen molar-refractivity contribution in [3.63, 3.8) is 0 Å². The molecule has 0 aliphatic rings. The van der Waals surface area contributed by atoms with Gasteiger partial charge < -0.3 is 18.9 Å². The number of hydrogen-bond donors (Lipinski definition) is 0. The first-order chi connectivity index (χ1) is 12.6. The Morgan fingerprint density at radius 2 is 1.42 bits per heavy atom. The highest BCUT2D eigenvalue weighted by Gasteiger charge is 2.15. The van der Waals surface area contributed by atoms with Crippen molar-refractivity contribution in [1.29, 1.82) is 0 Å². The van der Waals surface area contributed by atoms with Crippen molar-refractivity contribution in [2.24, 2.45) is 0 Å². The van der Waals surface area contributed by atoms with Crippen LogP contribution in [0.2, 0.25) is 0 Å². The molecular formula is C21H22O5. The Balaban J connectivity index is 2.19. The molecule has 0 radical (unpaired) electrons. The second-order valence-corrected chi connectivity index (χ2v) is 5.24. The van der Waals surface area contributed by atoms with Crippen LogP contribution >= 0.6 is 0 Å². The Morgan fingerprint density at radius 3 is 2.00 bits per heavy atom. The van der Waals surface area contributed by atoms with Gasteiger partial charge in [-0.3, -0.25) is 4.79 Å². The first kappa shape index (κ1) is 19.1. The van der Waals surface area contributed by atoms with Gasteiger partial charge in [0.25, 0.3) is 0 Å². The van der Waals surface area contributed by atoms with E-state index >= 15 is 0 Å². The zero-order valence-corrected chi connectivity index (χ0v) is 15.3. The summed E-state index contributed by atoms with van der Waals surface area (Å²) in [6.07, 6.45) is 6.82. The van der Waals surface area contributed by atoms with E-state index in [1.54, 1.807) is 31.4 Å². The fourth-order valence-electron chi connectivity index (χ4n) is 2.43. The van der Waals surface area contributed by atoms with Gasteiger partial charge in [0.1, 0.15) is 5.75 Å². The minimum atomic E-state index is -0.172. The number of hydrogen-bond acceptors (Lipinski definition) is 5. The van der Waals surface area contributed by atoms with Crippen LogP contribution in [0.3, 0.4) is 0 Å². The number of benzene rings is 2. The standard InChI is InChI=1S/C21H22O5/c1-23-18-12-8-6-10-15(18)9-5-7-11-17(22)16-13-19(24-2)21(26-4)20(14-16)25-3/h5-14H,1-4H3/b9-5+,11-7+. The fraction of sp³-hybridized carbons (Fsp3) is 0.190. The number of rotatable bonds is 8. The number of ketones is 1. The molecule has 0 fully saturated rings. The van der Waals surface area contributed by atoms with Gasteiger partial charge in [0.15, 0.2) is 17.3 Å². The van der Waals surface area contributed by atoms with E-state index in [9.17, 15) is 4.79 Å². The summed E-state index contributed by atoms with van der Waals surface area (Å²) in [6, 6.07) is 10.9. The van der Waals surface area contributed by atoms with Crippen LogP contribution in [0.5, 0.6) is 23.0 Å². The lowest BCUT2D eigenvalue weighted by Crippen LogP contribution is -2.00. The van der Waals surface area contributed by atoms with E-state index < -0.39 is 0 Å². The Labute approximate surface area is 153 Å². The summed E-state index contributed by atoms with van der Waals surface area (Å²) >= 11 is 0. The number of methoxy groups -OCH3 is 4. The Kier molecular flexibility index (Phi) is 6.85. The van der Waals surface area contributed by atoms with Crippen molar-refractivity contribution in [3.8, 4) is 23.0 Å². The molecule has 2 aromatic carbocycles. The first-order valence-corrected chi connectivity index (χ1v) is 7.96. The summed E-state index contributed by atoms with van der Waals surface area (Å²) in [5.74, 6) is 1.93. The number of para-hydroxylation sites is 1. The van der Waals surface area contributed by atoms with Crippen LogP contribution in [0, 0.1) is 0 Å². The number of allylic oxidation sites excluding steroid dienone is 3. The number of carbonyl (C=O) groups excluding carboxylic acids is 1. The monoisotopic (exact) mass is 354 g/mol. The largest absolute Gasteiger partial charge is 0.496 e. The highest BCUT2D eigenvalue weighted by molar-refractivity contribution is 6.05. The normalized spacial score (nSPS) is 10.9. The van der Waals surface area contributed by atoms with Crippen LogP contribution in [0.25, 0.3) is 6.08 Å². The van der Waals surface area contributed by atoms with Gasteiger partial charge >= 0.3 is 0 Å². The van der Waals surface area contributed by atoms with Crippen molar-refractivity contribution in [3.05, 3.63) is 65.8 Å². The summed E-state index contributed by atoms with van der Waals surface area (Å²) in [5.41, 5.74) is 1.38. The maximum absolute atomic E-state index is 12.4. The second-order valence-electron chi connectivity index (χ2n) is 5.24. The molecule has 2 aromatic rings. The summed E-state index contributed by atoms with van der Waals surface area (Å²) in [6.45, 7) is 0. The molecule has 0 aliphatic carbocycles. The average Bonchev–Trinajstić information content (AvgIpc) is 2.69. The van der Waals surface area contributed by atoms with Crippen LogP contribution in [-0.2, 0) is 0 Å². The maximum Gasteiger partial charge on any atom is 0.203 e. The molecule has 0 unspecified atom stereocenters. The lowest BCUT2D eigenvalue weighted by atomic mass is 10.1.